The van der Waals surface area contributed by atoms with Crippen molar-refractivity contribution in [3.8, 4) is 11.5 Å². The third kappa shape index (κ3) is 8.11. The van der Waals surface area contributed by atoms with E-state index in [-0.39, 0.29) is 46.3 Å². The van der Waals surface area contributed by atoms with Gasteiger partial charge in [-0.15, -0.1) is 0 Å². The second-order valence-electron chi connectivity index (χ2n) is 15.0. The molecule has 302 valence electrons. The van der Waals surface area contributed by atoms with Crippen LogP contribution in [0.4, 0.5) is 19.7 Å². The van der Waals surface area contributed by atoms with Gasteiger partial charge >= 0.3 is 24.1 Å². The highest BCUT2D eigenvalue weighted by Gasteiger charge is 2.45. The van der Waals surface area contributed by atoms with Crippen molar-refractivity contribution in [3.05, 3.63) is 118 Å². The van der Waals surface area contributed by atoms with Gasteiger partial charge < -0.3 is 28.8 Å². The molecule has 58 heavy (non-hydrogen) atoms. The molecule has 3 aliphatic heterocycles. The number of halogens is 2. The fourth-order valence-electron chi connectivity index (χ4n) is 7.18. The molecule has 7 rings (SSSR count). The second-order valence-corrected chi connectivity index (χ2v) is 15.4. The summed E-state index contributed by atoms with van der Waals surface area (Å²) in [6.45, 7) is 6.69. The Balaban J connectivity index is 1.19. The van der Waals surface area contributed by atoms with E-state index in [2.05, 4.69) is 4.98 Å². The second kappa shape index (κ2) is 15.9. The number of aryl methyl sites for hydroxylation is 1. The van der Waals surface area contributed by atoms with Gasteiger partial charge in [-0.05, 0) is 81.4 Å². The normalized spacial score (nSPS) is 18.6. The van der Waals surface area contributed by atoms with Gasteiger partial charge in [0.05, 0.1) is 30.0 Å². The monoisotopic (exact) mass is 813 g/mol. The quantitative estimate of drug-likeness (QED) is 0.185. The average molecular weight is 814 g/mol. The third-order valence-electron chi connectivity index (χ3n) is 9.87. The molecule has 2 fully saturated rings. The number of carbonyl (C=O) groups excluding carboxylic acids is 3. The van der Waals surface area contributed by atoms with Gasteiger partial charge in [-0.2, -0.15) is 0 Å². The lowest BCUT2D eigenvalue weighted by Gasteiger charge is -2.40. The minimum Gasteiger partial charge on any atom is -0.478 e. The maximum Gasteiger partial charge on any atom is 0.420 e. The predicted molar refractivity (Wildman–Crippen MR) is 211 cm³/mol. The number of anilines is 1. The van der Waals surface area contributed by atoms with Gasteiger partial charge in [0, 0.05) is 68.4 Å². The minimum absolute atomic E-state index is 0.00604. The zero-order valence-corrected chi connectivity index (χ0v) is 33.1. The Kier molecular flexibility index (Phi) is 11.0. The first-order valence-corrected chi connectivity index (χ1v) is 18.8. The maximum absolute atomic E-state index is 14.3. The van der Waals surface area contributed by atoms with E-state index in [1.165, 1.54) is 36.3 Å². The van der Waals surface area contributed by atoms with Crippen LogP contribution >= 0.6 is 11.6 Å². The lowest BCUT2D eigenvalue weighted by atomic mass is 9.94. The highest BCUT2D eigenvalue weighted by Crippen LogP contribution is 2.40. The number of aliphatic imine (C=N–C) groups is 1. The number of urea groups is 1. The van der Waals surface area contributed by atoms with Gasteiger partial charge in [0.25, 0.3) is 0 Å². The molecule has 3 aromatic carbocycles. The molecule has 3 aliphatic rings. The molecule has 0 spiro atoms. The number of nitrogens with zero attached hydrogens (tertiary/aromatic N) is 7. The van der Waals surface area contributed by atoms with Crippen molar-refractivity contribution in [1.82, 2.24) is 24.3 Å². The molecular formula is C41H41ClFN7O8. The van der Waals surface area contributed by atoms with Crippen molar-refractivity contribution in [1.29, 1.82) is 0 Å². The summed E-state index contributed by atoms with van der Waals surface area (Å²) in [4.78, 5) is 69.3. The first-order valence-electron chi connectivity index (χ1n) is 18.4. The van der Waals surface area contributed by atoms with E-state index in [0.29, 0.717) is 54.8 Å². The number of hydrogen-bond donors (Lipinski definition) is 1. The third-order valence-corrected chi connectivity index (χ3v) is 10.2. The number of carboxylic acids is 1. The molecule has 0 aliphatic carbocycles. The Morgan fingerprint density at radius 2 is 1.67 bits per heavy atom. The number of ether oxygens (including phenoxy) is 3. The van der Waals surface area contributed by atoms with Crippen LogP contribution in [0.1, 0.15) is 48.6 Å². The number of amidine groups is 1. The summed E-state index contributed by atoms with van der Waals surface area (Å²) in [5.74, 6) is -1.04. The zero-order chi connectivity index (χ0) is 41.5. The number of esters is 1. The summed E-state index contributed by atoms with van der Waals surface area (Å²) >= 11 is 6.62. The number of piperazine rings is 1. The van der Waals surface area contributed by atoms with Crippen LogP contribution < -0.4 is 9.64 Å². The van der Waals surface area contributed by atoms with Gasteiger partial charge in [0.15, 0.2) is 11.7 Å². The summed E-state index contributed by atoms with van der Waals surface area (Å²) in [6.07, 6.45) is 2.43. The number of aromatic carboxylic acids is 1. The van der Waals surface area contributed by atoms with Gasteiger partial charge in [-0.25, -0.2) is 33.5 Å². The first kappa shape index (κ1) is 40.0. The van der Waals surface area contributed by atoms with Crippen molar-refractivity contribution in [2.45, 2.75) is 38.5 Å². The molecule has 1 N–H and O–H groups in total. The number of aromatic nitrogens is 2. The van der Waals surface area contributed by atoms with Crippen LogP contribution in [-0.2, 0) is 21.3 Å². The molecule has 2 atom stereocenters. The van der Waals surface area contributed by atoms with Crippen LogP contribution in [0.15, 0.2) is 95.4 Å². The number of fused-ring (bicyclic) bond motifs is 1. The lowest BCUT2D eigenvalue weighted by Crippen LogP contribution is -2.54. The maximum atomic E-state index is 14.3. The van der Waals surface area contributed by atoms with Crippen molar-refractivity contribution in [3.63, 3.8) is 0 Å². The summed E-state index contributed by atoms with van der Waals surface area (Å²) in [5.41, 5.74) is 0.398. The van der Waals surface area contributed by atoms with E-state index in [4.69, 9.17) is 35.9 Å². The number of amides is 3. The van der Waals surface area contributed by atoms with Crippen molar-refractivity contribution in [2.24, 2.45) is 12.0 Å². The smallest absolute Gasteiger partial charge is 0.420 e. The SMILES string of the molecule is COC(=O)C1=C(CN2CCN3C(=O)N(c4ccc(Oc5ccc(C(=O)O)cc5)cc4)C[C@@H]3C2)N(C(=O)OC(C)(C)C)C(c2nccn2C)=NC1c1ccc(F)cc1Cl. The molecule has 2 saturated heterocycles. The molecule has 1 aromatic heterocycles. The summed E-state index contributed by atoms with van der Waals surface area (Å²) in [5, 5.41) is 9.19. The van der Waals surface area contributed by atoms with Crippen LogP contribution in [0.3, 0.4) is 0 Å². The fourth-order valence-corrected chi connectivity index (χ4v) is 7.45. The first-order chi connectivity index (χ1) is 27.6. The molecule has 0 saturated carbocycles. The molecule has 15 nitrogen and oxygen atoms in total. The van der Waals surface area contributed by atoms with E-state index in [1.54, 1.807) is 91.0 Å². The molecule has 3 amide bonds. The Morgan fingerprint density at radius 3 is 2.28 bits per heavy atom. The van der Waals surface area contributed by atoms with E-state index in [1.807, 2.05) is 4.90 Å². The molecule has 4 aromatic rings. The van der Waals surface area contributed by atoms with Gasteiger partial charge in [0.1, 0.15) is 29.0 Å². The highest BCUT2D eigenvalue weighted by atomic mass is 35.5. The van der Waals surface area contributed by atoms with Crippen molar-refractivity contribution in [2.75, 3.05) is 44.7 Å². The Hall–Kier alpha value is -6.26. The van der Waals surface area contributed by atoms with Gasteiger partial charge in [-0.3, -0.25) is 14.8 Å². The summed E-state index contributed by atoms with van der Waals surface area (Å²) < 4.78 is 33.1. The standard InChI is InChI=1S/C41H41ClFN7O8/c1-41(2,3)58-40(55)50-32(33(38(53)56-5)34(30-15-8-25(43)20-31(30)42)45-36(50)35-44-16-17-46(35)4)23-47-18-19-48-27(21-47)22-49(39(48)54)26-9-13-29(14-10-26)57-28-11-6-24(7-12-28)37(51)52/h6-17,20,27,34H,18-19,21-23H2,1-5H3,(H,51,52)/t27-,34?/m0/s1. The number of rotatable bonds is 9. The summed E-state index contributed by atoms with van der Waals surface area (Å²) in [6, 6.07) is 15.3. The largest absolute Gasteiger partial charge is 0.478 e. The van der Waals surface area contributed by atoms with E-state index < -0.39 is 35.5 Å². The van der Waals surface area contributed by atoms with E-state index in [0.717, 1.165) is 6.07 Å². The molecule has 0 bridgehead atoms. The number of hydrogen-bond acceptors (Lipinski definition) is 10. The molecule has 17 heteroatoms. The number of carboxylic acid groups (broad SMARTS) is 1. The molecular weight excluding hydrogens is 773 g/mol. The van der Waals surface area contributed by atoms with Crippen LogP contribution in [-0.4, -0.2) is 111 Å². The Morgan fingerprint density at radius 1 is 0.983 bits per heavy atom. The molecule has 4 heterocycles. The molecule has 1 unspecified atom stereocenters. The van der Waals surface area contributed by atoms with Crippen LogP contribution in [0, 0.1) is 5.82 Å². The number of carbonyl (C=O) groups is 4. The van der Waals surface area contributed by atoms with Crippen LogP contribution in [0.2, 0.25) is 5.02 Å². The number of imidazole rings is 1. The van der Waals surface area contributed by atoms with Gasteiger partial charge in [0.2, 0.25) is 0 Å². The Bertz CT molecular complexity index is 2320. The number of methoxy groups -OCH3 is 1. The Labute approximate surface area is 338 Å². The van der Waals surface area contributed by atoms with Crippen LogP contribution in [0.5, 0.6) is 11.5 Å². The lowest BCUT2D eigenvalue weighted by molar-refractivity contribution is -0.136. The van der Waals surface area contributed by atoms with Crippen molar-refractivity contribution < 1.29 is 42.9 Å². The number of benzene rings is 3. The minimum atomic E-state index is -1.12. The van der Waals surface area contributed by atoms with E-state index >= 15 is 0 Å². The fraction of sp³-hybridized carbons (Fsp3) is 0.317. The van der Waals surface area contributed by atoms with Gasteiger partial charge in [-0.1, -0.05) is 17.7 Å². The topological polar surface area (TPSA) is 159 Å². The zero-order valence-electron chi connectivity index (χ0n) is 32.4. The van der Waals surface area contributed by atoms with E-state index in [9.17, 15) is 23.6 Å². The summed E-state index contributed by atoms with van der Waals surface area (Å²) in [7, 11) is 2.96. The molecule has 0 radical (unpaired) electrons. The predicted octanol–water partition coefficient (Wildman–Crippen LogP) is 6.50. The highest BCUT2D eigenvalue weighted by molar-refractivity contribution is 6.31. The van der Waals surface area contributed by atoms with Crippen molar-refractivity contribution >= 4 is 47.2 Å². The average Bonchev–Trinajstić information content (AvgIpc) is 3.75. The van der Waals surface area contributed by atoms with Crippen LogP contribution in [0.25, 0.3) is 0 Å².